The van der Waals surface area contributed by atoms with Crippen LogP contribution < -0.4 is 5.26 Å². The SMILES string of the molecule is O=C(COC(=O)C(F)(F)SOO[O-])OC1CCCOC1=O. The summed E-state index contributed by atoms with van der Waals surface area (Å²) in [5.74, 6) is -4.11. The maximum Gasteiger partial charge on any atom is 0.415 e. The van der Waals surface area contributed by atoms with E-state index < -0.39 is 47.9 Å². The molecule has 0 radical (unpaired) electrons. The van der Waals surface area contributed by atoms with Crippen LogP contribution in [0.15, 0.2) is 0 Å². The molecular formula is C9H9F2O9S-. The molecule has 21 heavy (non-hydrogen) atoms. The molecule has 0 aromatic carbocycles. The molecule has 0 saturated carbocycles. The average Bonchev–Trinajstić information content (AvgIpc) is 2.45. The van der Waals surface area contributed by atoms with Gasteiger partial charge in [-0.2, -0.15) is 13.1 Å². The van der Waals surface area contributed by atoms with Gasteiger partial charge in [0.2, 0.25) is 0 Å². The number of alkyl halides is 2. The number of cyclic esters (lactones) is 1. The first-order valence-corrected chi connectivity index (χ1v) is 6.16. The van der Waals surface area contributed by atoms with Gasteiger partial charge in [-0.1, -0.05) is 0 Å². The Labute approximate surface area is 120 Å². The molecule has 1 rings (SSSR count). The summed E-state index contributed by atoms with van der Waals surface area (Å²) in [7, 11) is 0. The summed E-state index contributed by atoms with van der Waals surface area (Å²) in [6.45, 7) is -0.940. The summed E-state index contributed by atoms with van der Waals surface area (Å²) in [4.78, 5) is 33.3. The lowest BCUT2D eigenvalue weighted by atomic mass is 10.1. The zero-order valence-electron chi connectivity index (χ0n) is 10.2. The van der Waals surface area contributed by atoms with Gasteiger partial charge in [0.05, 0.1) is 6.61 Å². The molecule has 1 aliphatic heterocycles. The van der Waals surface area contributed by atoms with Gasteiger partial charge in [-0.05, 0) is 12.8 Å². The van der Waals surface area contributed by atoms with Crippen LogP contribution in [0.1, 0.15) is 12.8 Å². The number of rotatable bonds is 7. The van der Waals surface area contributed by atoms with E-state index in [-0.39, 0.29) is 13.0 Å². The molecule has 1 heterocycles. The van der Waals surface area contributed by atoms with Gasteiger partial charge >= 0.3 is 23.2 Å². The first-order valence-electron chi connectivity index (χ1n) is 5.42. The minimum Gasteiger partial charge on any atom is -0.691 e. The van der Waals surface area contributed by atoms with Crippen LogP contribution in [0, 0.1) is 0 Å². The van der Waals surface area contributed by atoms with E-state index in [9.17, 15) is 28.4 Å². The van der Waals surface area contributed by atoms with E-state index in [1.54, 1.807) is 0 Å². The lowest BCUT2D eigenvalue weighted by molar-refractivity contribution is -0.777. The van der Waals surface area contributed by atoms with E-state index >= 15 is 0 Å². The molecule has 0 aliphatic carbocycles. The van der Waals surface area contributed by atoms with Crippen LogP contribution in [0.2, 0.25) is 0 Å². The van der Waals surface area contributed by atoms with E-state index in [1.165, 1.54) is 0 Å². The Morgan fingerprint density at radius 1 is 1.48 bits per heavy atom. The predicted octanol–water partition coefficient (Wildman–Crippen LogP) is -0.757. The zero-order chi connectivity index (χ0) is 15.9. The van der Waals surface area contributed by atoms with Crippen LogP contribution in [0.4, 0.5) is 8.78 Å². The van der Waals surface area contributed by atoms with Crippen LogP contribution >= 0.6 is 12.0 Å². The third-order valence-electron chi connectivity index (χ3n) is 2.12. The number of hydrogen-bond donors (Lipinski definition) is 0. The Morgan fingerprint density at radius 3 is 2.81 bits per heavy atom. The second-order valence-electron chi connectivity index (χ2n) is 3.60. The largest absolute Gasteiger partial charge is 0.691 e. The maximum atomic E-state index is 12.9. The second-order valence-corrected chi connectivity index (χ2v) is 4.42. The Hall–Kier alpha value is -1.50. The highest BCUT2D eigenvalue weighted by Crippen LogP contribution is 2.30. The van der Waals surface area contributed by atoms with E-state index in [2.05, 4.69) is 23.6 Å². The standard InChI is InChI=1S/C9H10F2O9S/c10-9(11,21-20-19-15)8(14)17-4-6(12)18-5-2-1-3-16-7(5)13/h5,15H,1-4H2/p-1. The van der Waals surface area contributed by atoms with Crippen LogP contribution in [0.5, 0.6) is 0 Å². The Bertz CT molecular complexity index is 403. The summed E-state index contributed by atoms with van der Waals surface area (Å²) in [5, 5.41) is 7.76. The topological polar surface area (TPSA) is 120 Å². The molecule has 9 nitrogen and oxygen atoms in total. The van der Waals surface area contributed by atoms with E-state index in [0.29, 0.717) is 6.42 Å². The van der Waals surface area contributed by atoms with Crippen LogP contribution in [0.25, 0.3) is 0 Å². The third-order valence-corrected chi connectivity index (χ3v) is 2.62. The molecule has 0 bridgehead atoms. The number of halogens is 2. The Balaban J connectivity index is 2.35. The van der Waals surface area contributed by atoms with Gasteiger partial charge in [-0.15, -0.1) is 0 Å². The first-order chi connectivity index (χ1) is 9.86. The molecule has 0 spiro atoms. The first kappa shape index (κ1) is 17.6. The molecule has 1 atom stereocenters. The van der Waals surface area contributed by atoms with Gasteiger partial charge < -0.3 is 19.5 Å². The summed E-state index contributed by atoms with van der Waals surface area (Å²) in [6.07, 6.45) is -0.457. The summed E-state index contributed by atoms with van der Waals surface area (Å²) in [6, 6.07) is 0. The quantitative estimate of drug-likeness (QED) is 0.193. The molecule has 120 valence electrons. The van der Waals surface area contributed by atoms with Crippen LogP contribution in [-0.2, 0) is 38.0 Å². The van der Waals surface area contributed by atoms with Crippen molar-refractivity contribution in [3.63, 3.8) is 0 Å². The lowest BCUT2D eigenvalue weighted by Crippen LogP contribution is -2.36. The minimum atomic E-state index is -4.26. The highest BCUT2D eigenvalue weighted by molar-refractivity contribution is 7.96. The predicted molar refractivity (Wildman–Crippen MR) is 55.7 cm³/mol. The molecule has 1 saturated heterocycles. The van der Waals surface area contributed by atoms with Crippen molar-refractivity contribution in [3.8, 4) is 0 Å². The fourth-order valence-corrected chi connectivity index (χ4v) is 1.49. The Kier molecular flexibility index (Phi) is 6.74. The molecular weight excluding hydrogens is 322 g/mol. The molecule has 1 aliphatic rings. The number of hydrogen-bond acceptors (Lipinski definition) is 10. The number of carbonyl (C=O) groups is 3. The number of ether oxygens (including phenoxy) is 3. The van der Waals surface area contributed by atoms with E-state index in [1.807, 2.05) is 0 Å². The molecule has 12 heteroatoms. The van der Waals surface area contributed by atoms with Crippen molar-refractivity contribution in [1.29, 1.82) is 0 Å². The van der Waals surface area contributed by atoms with Crippen molar-refractivity contribution < 1.29 is 52.0 Å². The van der Waals surface area contributed by atoms with Gasteiger partial charge in [0.15, 0.2) is 12.7 Å². The zero-order valence-corrected chi connectivity index (χ0v) is 11.1. The fraction of sp³-hybridized carbons (Fsp3) is 0.667. The molecule has 0 amide bonds. The summed E-state index contributed by atoms with van der Waals surface area (Å²) in [5.41, 5.74) is 0. The summed E-state index contributed by atoms with van der Waals surface area (Å²) < 4.78 is 42.3. The molecule has 1 unspecified atom stereocenters. The number of carbonyl (C=O) groups excluding carboxylic acids is 3. The Morgan fingerprint density at radius 2 is 2.19 bits per heavy atom. The third kappa shape index (κ3) is 5.79. The fourth-order valence-electron chi connectivity index (χ4n) is 1.25. The molecule has 0 N–H and O–H groups in total. The van der Waals surface area contributed by atoms with Crippen molar-refractivity contribution in [3.05, 3.63) is 0 Å². The van der Waals surface area contributed by atoms with Crippen molar-refractivity contribution in [2.24, 2.45) is 0 Å². The monoisotopic (exact) mass is 331 g/mol. The van der Waals surface area contributed by atoms with Crippen molar-refractivity contribution in [2.45, 2.75) is 24.2 Å². The normalized spacial score (nSPS) is 18.8. The van der Waals surface area contributed by atoms with Crippen molar-refractivity contribution >= 4 is 30.0 Å². The van der Waals surface area contributed by atoms with Crippen molar-refractivity contribution in [2.75, 3.05) is 13.2 Å². The minimum absolute atomic E-state index is 0.201. The number of esters is 3. The van der Waals surface area contributed by atoms with Gasteiger partial charge in [0.25, 0.3) is 0 Å². The van der Waals surface area contributed by atoms with Gasteiger partial charge in [-0.3, -0.25) is 5.04 Å². The molecule has 1 fully saturated rings. The van der Waals surface area contributed by atoms with Crippen LogP contribution in [-0.4, -0.2) is 42.5 Å². The van der Waals surface area contributed by atoms with Crippen LogP contribution in [0.3, 0.4) is 0 Å². The van der Waals surface area contributed by atoms with E-state index in [4.69, 9.17) is 0 Å². The highest BCUT2D eigenvalue weighted by atomic mass is 32.2. The average molecular weight is 331 g/mol. The molecule has 0 aromatic rings. The smallest absolute Gasteiger partial charge is 0.415 e. The highest BCUT2D eigenvalue weighted by Gasteiger charge is 2.44. The maximum absolute atomic E-state index is 12.9. The lowest BCUT2D eigenvalue weighted by Gasteiger charge is -2.21. The summed E-state index contributed by atoms with van der Waals surface area (Å²) >= 11 is -0.894. The molecule has 0 aromatic heterocycles. The van der Waals surface area contributed by atoms with Gasteiger partial charge in [0.1, 0.15) is 12.0 Å². The van der Waals surface area contributed by atoms with Gasteiger partial charge in [0, 0.05) is 0 Å². The van der Waals surface area contributed by atoms with E-state index in [0.717, 1.165) is 0 Å². The second kappa shape index (κ2) is 8.07. The van der Waals surface area contributed by atoms with Gasteiger partial charge in [-0.25, -0.2) is 14.4 Å². The van der Waals surface area contributed by atoms with Crippen molar-refractivity contribution in [1.82, 2.24) is 0 Å².